The number of amides is 2. The lowest BCUT2D eigenvalue weighted by Gasteiger charge is -2.10. The molecule has 5 N–H and O–H groups in total. The van der Waals surface area contributed by atoms with Gasteiger partial charge in [0, 0.05) is 11.3 Å². The summed E-state index contributed by atoms with van der Waals surface area (Å²) in [5.41, 5.74) is 7.25. The number of carboxylic acid groups (broad SMARTS) is 1. The van der Waals surface area contributed by atoms with Crippen molar-refractivity contribution in [3.8, 4) is 0 Å². The molecule has 20 heavy (non-hydrogen) atoms. The van der Waals surface area contributed by atoms with Crippen molar-refractivity contribution in [3.63, 3.8) is 0 Å². The number of benzene rings is 2. The Labute approximate surface area is 115 Å². The molecular weight excluding hydrogens is 258 g/mol. The standard InChI is InChI=1S/C14H13N3O3/c15-10-7-5-9(6-8-10)13(18)16-11-3-1-2-4-12(11)17-14(19)20/h1-8,17H,15H2,(H,16,18)(H,19,20). The number of anilines is 3. The van der Waals surface area contributed by atoms with Gasteiger partial charge in [-0.15, -0.1) is 0 Å². The van der Waals surface area contributed by atoms with Crippen molar-refractivity contribution >= 4 is 29.1 Å². The third-order valence-corrected chi connectivity index (χ3v) is 2.59. The van der Waals surface area contributed by atoms with Crippen molar-refractivity contribution in [3.05, 3.63) is 54.1 Å². The first kappa shape index (κ1) is 13.4. The molecule has 0 aromatic heterocycles. The van der Waals surface area contributed by atoms with Gasteiger partial charge in [-0.1, -0.05) is 12.1 Å². The van der Waals surface area contributed by atoms with Crippen LogP contribution in [0.15, 0.2) is 48.5 Å². The van der Waals surface area contributed by atoms with Crippen LogP contribution in [-0.4, -0.2) is 17.1 Å². The molecule has 6 heteroatoms. The van der Waals surface area contributed by atoms with E-state index in [4.69, 9.17) is 10.8 Å². The second-order valence-electron chi connectivity index (χ2n) is 4.05. The van der Waals surface area contributed by atoms with Crippen LogP contribution in [0, 0.1) is 0 Å². The van der Waals surface area contributed by atoms with Crippen LogP contribution >= 0.6 is 0 Å². The average Bonchev–Trinajstić information content (AvgIpc) is 2.41. The molecule has 2 aromatic carbocycles. The van der Waals surface area contributed by atoms with Crippen LogP contribution in [0.1, 0.15) is 10.4 Å². The van der Waals surface area contributed by atoms with Crippen LogP contribution in [0.4, 0.5) is 21.9 Å². The fourth-order valence-electron chi connectivity index (χ4n) is 1.65. The van der Waals surface area contributed by atoms with E-state index < -0.39 is 6.09 Å². The summed E-state index contributed by atoms with van der Waals surface area (Å²) in [6, 6.07) is 13.0. The molecule has 2 amide bonds. The molecule has 2 rings (SSSR count). The normalized spacial score (nSPS) is 9.80. The molecule has 0 aliphatic heterocycles. The second-order valence-corrected chi connectivity index (χ2v) is 4.05. The number of para-hydroxylation sites is 2. The predicted molar refractivity (Wildman–Crippen MR) is 76.9 cm³/mol. The van der Waals surface area contributed by atoms with Gasteiger partial charge in [-0.05, 0) is 36.4 Å². The van der Waals surface area contributed by atoms with E-state index in [9.17, 15) is 9.59 Å². The first-order chi connectivity index (χ1) is 9.56. The lowest BCUT2D eigenvalue weighted by Crippen LogP contribution is -2.15. The van der Waals surface area contributed by atoms with Crippen LogP contribution in [0.5, 0.6) is 0 Å². The first-order valence-corrected chi connectivity index (χ1v) is 5.82. The first-order valence-electron chi connectivity index (χ1n) is 5.82. The zero-order valence-corrected chi connectivity index (χ0v) is 10.5. The number of nitrogens with one attached hydrogen (secondary N) is 2. The summed E-state index contributed by atoms with van der Waals surface area (Å²) < 4.78 is 0. The maximum Gasteiger partial charge on any atom is 0.409 e. The minimum Gasteiger partial charge on any atom is -0.465 e. The summed E-state index contributed by atoms with van der Waals surface area (Å²) in [5, 5.41) is 13.6. The number of nitrogens with two attached hydrogens (primary N) is 1. The highest BCUT2D eigenvalue weighted by Crippen LogP contribution is 2.21. The Morgan fingerprint density at radius 3 is 2.00 bits per heavy atom. The Kier molecular flexibility index (Phi) is 3.85. The van der Waals surface area contributed by atoms with Gasteiger partial charge in [0.2, 0.25) is 0 Å². The molecule has 0 unspecified atom stereocenters. The van der Waals surface area contributed by atoms with Crippen molar-refractivity contribution in [1.82, 2.24) is 0 Å². The van der Waals surface area contributed by atoms with Crippen LogP contribution < -0.4 is 16.4 Å². The number of carbonyl (C=O) groups excluding carboxylic acids is 1. The van der Waals surface area contributed by atoms with Crippen LogP contribution in [0.2, 0.25) is 0 Å². The van der Waals surface area contributed by atoms with Gasteiger partial charge in [-0.3, -0.25) is 10.1 Å². The summed E-state index contributed by atoms with van der Waals surface area (Å²) in [6.07, 6.45) is -1.20. The molecule has 0 aliphatic carbocycles. The predicted octanol–water partition coefficient (Wildman–Crippen LogP) is 2.61. The fraction of sp³-hybridized carbons (Fsp3) is 0. The van der Waals surface area contributed by atoms with E-state index in [0.29, 0.717) is 22.6 Å². The number of rotatable bonds is 3. The highest BCUT2D eigenvalue weighted by atomic mass is 16.4. The van der Waals surface area contributed by atoms with Gasteiger partial charge in [-0.2, -0.15) is 0 Å². The highest BCUT2D eigenvalue weighted by Gasteiger charge is 2.10. The zero-order chi connectivity index (χ0) is 14.5. The summed E-state index contributed by atoms with van der Waals surface area (Å²) in [4.78, 5) is 22.7. The molecule has 0 atom stereocenters. The summed E-state index contributed by atoms with van der Waals surface area (Å²) in [6.45, 7) is 0. The molecule has 0 bridgehead atoms. The Hall–Kier alpha value is -3.02. The smallest absolute Gasteiger partial charge is 0.409 e. The number of hydrogen-bond donors (Lipinski definition) is 4. The van der Waals surface area contributed by atoms with E-state index in [-0.39, 0.29) is 5.91 Å². The molecule has 0 radical (unpaired) electrons. The van der Waals surface area contributed by atoms with Crippen LogP contribution in [0.25, 0.3) is 0 Å². The lowest BCUT2D eigenvalue weighted by atomic mass is 10.2. The monoisotopic (exact) mass is 271 g/mol. The molecule has 2 aromatic rings. The van der Waals surface area contributed by atoms with Crippen molar-refractivity contribution in [2.75, 3.05) is 16.4 Å². The molecular formula is C14H13N3O3. The van der Waals surface area contributed by atoms with E-state index in [1.165, 1.54) is 0 Å². The minimum atomic E-state index is -1.20. The van der Waals surface area contributed by atoms with Crippen molar-refractivity contribution in [1.29, 1.82) is 0 Å². The number of carbonyl (C=O) groups is 2. The zero-order valence-electron chi connectivity index (χ0n) is 10.5. The van der Waals surface area contributed by atoms with Gasteiger partial charge in [0.25, 0.3) is 5.91 Å². The second kappa shape index (κ2) is 5.75. The molecule has 0 heterocycles. The summed E-state index contributed by atoms with van der Waals surface area (Å²) in [5.74, 6) is -0.343. The Morgan fingerprint density at radius 2 is 1.45 bits per heavy atom. The summed E-state index contributed by atoms with van der Waals surface area (Å²) in [7, 11) is 0. The molecule has 0 fully saturated rings. The van der Waals surface area contributed by atoms with Crippen molar-refractivity contribution in [2.24, 2.45) is 0 Å². The van der Waals surface area contributed by atoms with Gasteiger partial charge in [-0.25, -0.2) is 4.79 Å². The quantitative estimate of drug-likeness (QED) is 0.644. The van der Waals surface area contributed by atoms with Gasteiger partial charge < -0.3 is 16.2 Å². The molecule has 0 saturated heterocycles. The van der Waals surface area contributed by atoms with E-state index in [1.807, 2.05) is 0 Å². The van der Waals surface area contributed by atoms with E-state index in [0.717, 1.165) is 0 Å². The fourth-order valence-corrected chi connectivity index (χ4v) is 1.65. The van der Waals surface area contributed by atoms with Gasteiger partial charge in [0.15, 0.2) is 0 Å². The van der Waals surface area contributed by atoms with Gasteiger partial charge in [0.05, 0.1) is 11.4 Å². The van der Waals surface area contributed by atoms with E-state index >= 15 is 0 Å². The van der Waals surface area contributed by atoms with E-state index in [1.54, 1.807) is 48.5 Å². The number of hydrogen-bond acceptors (Lipinski definition) is 3. The van der Waals surface area contributed by atoms with Gasteiger partial charge in [0.1, 0.15) is 0 Å². The number of nitrogen functional groups attached to an aromatic ring is 1. The van der Waals surface area contributed by atoms with Crippen molar-refractivity contribution < 1.29 is 14.7 Å². The third-order valence-electron chi connectivity index (χ3n) is 2.59. The molecule has 0 saturated carbocycles. The van der Waals surface area contributed by atoms with Crippen LogP contribution in [-0.2, 0) is 0 Å². The van der Waals surface area contributed by atoms with Gasteiger partial charge >= 0.3 is 6.09 Å². The SMILES string of the molecule is Nc1ccc(C(=O)Nc2ccccc2NC(=O)O)cc1. The maximum absolute atomic E-state index is 12.0. The lowest BCUT2D eigenvalue weighted by molar-refractivity contribution is 0.102. The molecule has 6 nitrogen and oxygen atoms in total. The largest absolute Gasteiger partial charge is 0.465 e. The topological polar surface area (TPSA) is 104 Å². The Bertz CT molecular complexity index is 638. The molecule has 102 valence electrons. The molecule has 0 spiro atoms. The average molecular weight is 271 g/mol. The van der Waals surface area contributed by atoms with E-state index in [2.05, 4.69) is 10.6 Å². The molecule has 0 aliphatic rings. The highest BCUT2D eigenvalue weighted by molar-refractivity contribution is 6.06. The third kappa shape index (κ3) is 3.26. The summed E-state index contributed by atoms with van der Waals surface area (Å²) >= 11 is 0. The Balaban J connectivity index is 2.19. The van der Waals surface area contributed by atoms with Crippen molar-refractivity contribution in [2.45, 2.75) is 0 Å². The minimum absolute atomic E-state index is 0.309. The Morgan fingerprint density at radius 1 is 0.900 bits per heavy atom. The maximum atomic E-state index is 12.0. The van der Waals surface area contributed by atoms with Crippen LogP contribution in [0.3, 0.4) is 0 Å².